The van der Waals surface area contributed by atoms with Gasteiger partial charge in [0.05, 0.1) is 12.0 Å². The summed E-state index contributed by atoms with van der Waals surface area (Å²) in [6, 6.07) is 18.6. The number of rotatable bonds is 4. The molecule has 22 heavy (non-hydrogen) atoms. The van der Waals surface area contributed by atoms with E-state index in [-0.39, 0.29) is 12.3 Å². The minimum absolute atomic E-state index is 0.0573. The molecule has 0 saturated carbocycles. The molecule has 2 aromatic rings. The van der Waals surface area contributed by atoms with Gasteiger partial charge in [-0.05, 0) is 11.1 Å². The third-order valence-electron chi connectivity index (χ3n) is 4.09. The first kappa shape index (κ1) is 14.3. The summed E-state index contributed by atoms with van der Waals surface area (Å²) in [5, 5.41) is 9.47. The molecule has 1 heterocycles. The van der Waals surface area contributed by atoms with Gasteiger partial charge in [0.25, 0.3) is 0 Å². The number of amides is 1. The first-order valence-corrected chi connectivity index (χ1v) is 7.28. The van der Waals surface area contributed by atoms with Crippen LogP contribution < -0.4 is 0 Å². The number of carbonyl (C=O) groups is 2. The SMILES string of the molecule is O=C(O)[C@@H]1CC(=O)N(Cc2ccccc2)[C@@H]1c1ccccc1. The number of carboxylic acid groups (broad SMARTS) is 1. The zero-order valence-corrected chi connectivity index (χ0v) is 12.1. The van der Waals surface area contributed by atoms with E-state index >= 15 is 0 Å². The Hall–Kier alpha value is -2.62. The van der Waals surface area contributed by atoms with Gasteiger partial charge in [-0.1, -0.05) is 60.7 Å². The Bertz CT molecular complexity index is 669. The highest BCUT2D eigenvalue weighted by Crippen LogP contribution is 2.39. The molecular weight excluding hydrogens is 278 g/mol. The van der Waals surface area contributed by atoms with Gasteiger partial charge in [-0.25, -0.2) is 0 Å². The van der Waals surface area contributed by atoms with Gasteiger partial charge in [0.2, 0.25) is 5.91 Å². The number of hydrogen-bond donors (Lipinski definition) is 1. The van der Waals surface area contributed by atoms with Crippen LogP contribution in [0.3, 0.4) is 0 Å². The van der Waals surface area contributed by atoms with E-state index in [2.05, 4.69) is 0 Å². The van der Waals surface area contributed by atoms with Crippen LogP contribution in [0, 0.1) is 5.92 Å². The predicted octanol–water partition coefficient (Wildman–Crippen LogP) is 2.86. The molecule has 0 bridgehead atoms. The molecule has 2 aromatic carbocycles. The van der Waals surface area contributed by atoms with Crippen LogP contribution in [0.2, 0.25) is 0 Å². The summed E-state index contributed by atoms with van der Waals surface area (Å²) in [6.45, 7) is 0.434. The number of aliphatic carboxylic acids is 1. The lowest BCUT2D eigenvalue weighted by atomic mass is 9.93. The van der Waals surface area contributed by atoms with Crippen LogP contribution in [0.5, 0.6) is 0 Å². The highest BCUT2D eigenvalue weighted by atomic mass is 16.4. The molecule has 1 fully saturated rings. The fraction of sp³-hybridized carbons (Fsp3) is 0.222. The zero-order valence-electron chi connectivity index (χ0n) is 12.1. The van der Waals surface area contributed by atoms with E-state index in [4.69, 9.17) is 0 Å². The van der Waals surface area contributed by atoms with E-state index in [9.17, 15) is 14.7 Å². The summed E-state index contributed by atoms with van der Waals surface area (Å²) in [7, 11) is 0. The molecule has 1 saturated heterocycles. The standard InChI is InChI=1S/C18H17NO3/c20-16-11-15(18(21)22)17(14-9-5-2-6-10-14)19(16)12-13-7-3-1-4-8-13/h1-10,15,17H,11-12H2,(H,21,22)/t15-,17-/m1/s1. The molecule has 1 aliphatic rings. The summed E-state index contributed by atoms with van der Waals surface area (Å²) in [5.74, 6) is -1.72. The van der Waals surface area contributed by atoms with Gasteiger partial charge in [0, 0.05) is 13.0 Å². The number of hydrogen-bond acceptors (Lipinski definition) is 2. The lowest BCUT2D eigenvalue weighted by molar-refractivity contribution is -0.142. The van der Waals surface area contributed by atoms with Crippen molar-refractivity contribution < 1.29 is 14.7 Å². The van der Waals surface area contributed by atoms with Crippen molar-refractivity contribution in [3.63, 3.8) is 0 Å². The van der Waals surface area contributed by atoms with E-state index in [1.807, 2.05) is 60.7 Å². The molecule has 0 radical (unpaired) electrons. The number of carbonyl (C=O) groups excluding carboxylic acids is 1. The highest BCUT2D eigenvalue weighted by Gasteiger charge is 2.44. The van der Waals surface area contributed by atoms with Gasteiger partial charge < -0.3 is 10.0 Å². The minimum Gasteiger partial charge on any atom is -0.481 e. The first-order valence-electron chi connectivity index (χ1n) is 7.28. The number of benzene rings is 2. The van der Waals surface area contributed by atoms with Gasteiger partial charge in [-0.3, -0.25) is 9.59 Å². The Labute approximate surface area is 129 Å². The molecular formula is C18H17NO3. The van der Waals surface area contributed by atoms with E-state index < -0.39 is 17.9 Å². The number of carboxylic acids is 1. The molecule has 1 amide bonds. The summed E-state index contributed by atoms with van der Waals surface area (Å²) in [5.41, 5.74) is 1.87. The third kappa shape index (κ3) is 2.72. The summed E-state index contributed by atoms with van der Waals surface area (Å²) in [6.07, 6.45) is 0.0573. The Kier molecular flexibility index (Phi) is 3.92. The molecule has 4 heteroatoms. The fourth-order valence-electron chi connectivity index (χ4n) is 3.04. The molecule has 0 aliphatic carbocycles. The Morgan fingerprint density at radius 1 is 1.05 bits per heavy atom. The van der Waals surface area contributed by atoms with Gasteiger partial charge in [0.1, 0.15) is 0 Å². The normalized spacial score (nSPS) is 21.1. The van der Waals surface area contributed by atoms with E-state index in [0.29, 0.717) is 6.54 Å². The van der Waals surface area contributed by atoms with Crippen LogP contribution >= 0.6 is 0 Å². The fourth-order valence-corrected chi connectivity index (χ4v) is 3.04. The average molecular weight is 295 g/mol. The molecule has 0 unspecified atom stereocenters. The zero-order chi connectivity index (χ0) is 15.5. The van der Waals surface area contributed by atoms with Crippen molar-refractivity contribution in [3.05, 3.63) is 71.8 Å². The maximum absolute atomic E-state index is 12.3. The molecule has 2 atom stereocenters. The summed E-state index contributed by atoms with van der Waals surface area (Å²) < 4.78 is 0. The van der Waals surface area contributed by atoms with Crippen molar-refractivity contribution in [2.45, 2.75) is 19.0 Å². The topological polar surface area (TPSA) is 57.6 Å². The molecule has 0 aromatic heterocycles. The monoisotopic (exact) mass is 295 g/mol. The van der Waals surface area contributed by atoms with E-state index in [0.717, 1.165) is 11.1 Å². The van der Waals surface area contributed by atoms with Crippen LogP contribution in [0.15, 0.2) is 60.7 Å². The molecule has 112 valence electrons. The molecule has 0 spiro atoms. The molecule has 1 N–H and O–H groups in total. The van der Waals surface area contributed by atoms with Crippen LogP contribution in [0.25, 0.3) is 0 Å². The second-order valence-electron chi connectivity index (χ2n) is 5.51. The van der Waals surface area contributed by atoms with Gasteiger partial charge in [-0.15, -0.1) is 0 Å². The van der Waals surface area contributed by atoms with E-state index in [1.165, 1.54) is 0 Å². The predicted molar refractivity (Wildman–Crippen MR) is 81.9 cm³/mol. The third-order valence-corrected chi connectivity index (χ3v) is 4.09. The summed E-state index contributed by atoms with van der Waals surface area (Å²) >= 11 is 0. The maximum Gasteiger partial charge on any atom is 0.309 e. The Morgan fingerprint density at radius 3 is 2.23 bits per heavy atom. The van der Waals surface area contributed by atoms with Crippen molar-refractivity contribution >= 4 is 11.9 Å². The van der Waals surface area contributed by atoms with Gasteiger partial charge in [-0.2, -0.15) is 0 Å². The van der Waals surface area contributed by atoms with Crippen molar-refractivity contribution in [3.8, 4) is 0 Å². The summed E-state index contributed by atoms with van der Waals surface area (Å²) in [4.78, 5) is 25.6. The lowest BCUT2D eigenvalue weighted by Crippen LogP contribution is -2.30. The van der Waals surface area contributed by atoms with E-state index in [1.54, 1.807) is 4.90 Å². The quantitative estimate of drug-likeness (QED) is 0.943. The second kappa shape index (κ2) is 6.02. The van der Waals surface area contributed by atoms with Crippen LogP contribution in [0.4, 0.5) is 0 Å². The van der Waals surface area contributed by atoms with Crippen molar-refractivity contribution in [2.24, 2.45) is 5.92 Å². The molecule has 3 rings (SSSR count). The van der Waals surface area contributed by atoms with Crippen LogP contribution in [-0.4, -0.2) is 21.9 Å². The van der Waals surface area contributed by atoms with Crippen LogP contribution in [-0.2, 0) is 16.1 Å². The second-order valence-corrected chi connectivity index (χ2v) is 5.51. The maximum atomic E-state index is 12.3. The van der Waals surface area contributed by atoms with Crippen molar-refractivity contribution in [1.29, 1.82) is 0 Å². The van der Waals surface area contributed by atoms with Gasteiger partial charge in [0.15, 0.2) is 0 Å². The number of likely N-dealkylation sites (tertiary alicyclic amines) is 1. The smallest absolute Gasteiger partial charge is 0.309 e. The molecule has 1 aliphatic heterocycles. The van der Waals surface area contributed by atoms with Gasteiger partial charge >= 0.3 is 5.97 Å². The van der Waals surface area contributed by atoms with Crippen molar-refractivity contribution in [1.82, 2.24) is 4.90 Å². The Morgan fingerprint density at radius 2 is 1.64 bits per heavy atom. The first-order chi connectivity index (χ1) is 10.7. The minimum atomic E-state index is -0.919. The lowest BCUT2D eigenvalue weighted by Gasteiger charge is -2.27. The average Bonchev–Trinajstić information content (AvgIpc) is 2.86. The van der Waals surface area contributed by atoms with Crippen LogP contribution in [0.1, 0.15) is 23.6 Å². The largest absolute Gasteiger partial charge is 0.481 e. The Balaban J connectivity index is 1.95. The van der Waals surface area contributed by atoms with Crippen molar-refractivity contribution in [2.75, 3.05) is 0 Å². The molecule has 4 nitrogen and oxygen atoms in total. The highest BCUT2D eigenvalue weighted by molar-refractivity contribution is 5.87. The number of nitrogens with zero attached hydrogens (tertiary/aromatic N) is 1.